The number of nitro benzene ring substituents is 1. The predicted octanol–water partition coefficient (Wildman–Crippen LogP) is 2.42. The fraction of sp³-hybridized carbons (Fsp3) is 0.417. The molecule has 0 saturated carbocycles. The van der Waals surface area contributed by atoms with E-state index in [4.69, 9.17) is 5.11 Å². The second-order valence-corrected chi connectivity index (χ2v) is 5.08. The summed E-state index contributed by atoms with van der Waals surface area (Å²) in [5.41, 5.74) is -0.851. The van der Waals surface area contributed by atoms with Gasteiger partial charge in [0.25, 0.3) is 5.69 Å². The highest BCUT2D eigenvalue weighted by molar-refractivity contribution is 5.74. The van der Waals surface area contributed by atoms with Gasteiger partial charge in [-0.05, 0) is 26.8 Å². The first-order valence-corrected chi connectivity index (χ1v) is 5.55. The molecule has 0 atom stereocenters. The lowest BCUT2D eigenvalue weighted by Gasteiger charge is -2.36. The number of carboxylic acid groups (broad SMARTS) is 1. The van der Waals surface area contributed by atoms with Crippen LogP contribution in [-0.4, -0.2) is 28.1 Å². The second-order valence-electron chi connectivity index (χ2n) is 5.08. The van der Waals surface area contributed by atoms with Gasteiger partial charge in [0, 0.05) is 17.3 Å². The molecular weight excluding hydrogens is 255 g/mol. The lowest BCUT2D eigenvalue weighted by molar-refractivity contribution is -0.385. The molecule has 0 heterocycles. The van der Waals surface area contributed by atoms with E-state index in [1.165, 1.54) is 4.90 Å². The number of aliphatic carboxylic acids is 1. The topological polar surface area (TPSA) is 83.7 Å². The number of rotatable bonds is 4. The van der Waals surface area contributed by atoms with Gasteiger partial charge in [0.1, 0.15) is 12.4 Å². The van der Waals surface area contributed by atoms with E-state index in [0.29, 0.717) is 0 Å². The number of carbonyl (C=O) groups is 1. The van der Waals surface area contributed by atoms with E-state index in [9.17, 15) is 19.3 Å². The molecule has 0 radical (unpaired) electrons. The van der Waals surface area contributed by atoms with E-state index in [1.807, 2.05) is 0 Å². The maximum Gasteiger partial charge on any atom is 0.323 e. The Balaban J connectivity index is 3.30. The van der Waals surface area contributed by atoms with Crippen molar-refractivity contribution in [2.45, 2.75) is 26.3 Å². The van der Waals surface area contributed by atoms with E-state index in [2.05, 4.69) is 0 Å². The van der Waals surface area contributed by atoms with E-state index < -0.39 is 27.9 Å². The molecule has 0 aliphatic heterocycles. The average molecular weight is 270 g/mol. The zero-order valence-electron chi connectivity index (χ0n) is 10.9. The van der Waals surface area contributed by atoms with Crippen LogP contribution in [0.1, 0.15) is 20.8 Å². The highest BCUT2D eigenvalue weighted by atomic mass is 19.1. The van der Waals surface area contributed by atoms with Crippen molar-refractivity contribution in [1.29, 1.82) is 0 Å². The van der Waals surface area contributed by atoms with E-state index >= 15 is 0 Å². The molecule has 19 heavy (non-hydrogen) atoms. The Morgan fingerprint density at radius 3 is 2.42 bits per heavy atom. The zero-order chi connectivity index (χ0) is 14.8. The number of hydrogen-bond donors (Lipinski definition) is 1. The number of anilines is 1. The Morgan fingerprint density at radius 1 is 1.42 bits per heavy atom. The van der Waals surface area contributed by atoms with Gasteiger partial charge in [-0.3, -0.25) is 14.9 Å². The smallest absolute Gasteiger partial charge is 0.323 e. The van der Waals surface area contributed by atoms with Gasteiger partial charge in [0.15, 0.2) is 0 Å². The van der Waals surface area contributed by atoms with Crippen LogP contribution in [0.15, 0.2) is 18.2 Å². The molecule has 0 fully saturated rings. The number of non-ortho nitro benzene ring substituents is 1. The summed E-state index contributed by atoms with van der Waals surface area (Å²) in [5.74, 6) is -1.87. The number of hydrogen-bond acceptors (Lipinski definition) is 4. The molecule has 6 nitrogen and oxygen atoms in total. The molecule has 1 aromatic carbocycles. The SMILES string of the molecule is CC(C)(C)N(CC(=O)O)c1cc(F)cc([N+](=O)[O-])c1. The maximum absolute atomic E-state index is 13.4. The summed E-state index contributed by atoms with van der Waals surface area (Å²) in [7, 11) is 0. The first-order valence-electron chi connectivity index (χ1n) is 5.55. The fourth-order valence-electron chi connectivity index (χ4n) is 1.67. The van der Waals surface area contributed by atoms with Crippen LogP contribution in [0.5, 0.6) is 0 Å². The molecule has 104 valence electrons. The van der Waals surface area contributed by atoms with Gasteiger partial charge < -0.3 is 10.0 Å². The van der Waals surface area contributed by atoms with Crippen LogP contribution in [-0.2, 0) is 4.79 Å². The summed E-state index contributed by atoms with van der Waals surface area (Å²) in [5, 5.41) is 19.6. The van der Waals surface area contributed by atoms with Gasteiger partial charge in [-0.2, -0.15) is 0 Å². The molecule has 0 aliphatic rings. The van der Waals surface area contributed by atoms with Gasteiger partial charge in [0.2, 0.25) is 0 Å². The maximum atomic E-state index is 13.4. The Morgan fingerprint density at radius 2 is 2.00 bits per heavy atom. The summed E-state index contributed by atoms with van der Waals surface area (Å²) >= 11 is 0. The Hall–Kier alpha value is -2.18. The average Bonchev–Trinajstić information content (AvgIpc) is 2.23. The van der Waals surface area contributed by atoms with Crippen LogP contribution in [0.4, 0.5) is 15.8 Å². The monoisotopic (exact) mass is 270 g/mol. The molecule has 0 bridgehead atoms. The second kappa shape index (κ2) is 5.21. The molecule has 0 unspecified atom stereocenters. The minimum Gasteiger partial charge on any atom is -0.480 e. The Labute approximate surface area is 109 Å². The van der Waals surface area contributed by atoms with E-state index in [1.54, 1.807) is 20.8 Å². The minimum atomic E-state index is -1.10. The van der Waals surface area contributed by atoms with Crippen molar-refractivity contribution in [3.8, 4) is 0 Å². The van der Waals surface area contributed by atoms with Crippen LogP contribution in [0, 0.1) is 15.9 Å². The van der Waals surface area contributed by atoms with Gasteiger partial charge in [-0.15, -0.1) is 0 Å². The van der Waals surface area contributed by atoms with Gasteiger partial charge in [-0.25, -0.2) is 4.39 Å². The van der Waals surface area contributed by atoms with Crippen molar-refractivity contribution in [2.24, 2.45) is 0 Å². The third-order valence-electron chi connectivity index (χ3n) is 2.49. The predicted molar refractivity (Wildman–Crippen MR) is 67.8 cm³/mol. The molecule has 0 saturated heterocycles. The summed E-state index contributed by atoms with van der Waals surface area (Å²) in [6, 6.07) is 3.05. The minimum absolute atomic E-state index is 0.168. The molecular formula is C12H15FN2O4. The Bertz CT molecular complexity index is 511. The van der Waals surface area contributed by atoms with Crippen molar-refractivity contribution in [1.82, 2.24) is 0 Å². The van der Waals surface area contributed by atoms with Crippen molar-refractivity contribution < 1.29 is 19.2 Å². The summed E-state index contributed by atoms with van der Waals surface area (Å²) in [6.45, 7) is 4.86. The molecule has 0 spiro atoms. The number of nitro groups is 1. The lowest BCUT2D eigenvalue weighted by Crippen LogP contribution is -2.44. The van der Waals surface area contributed by atoms with Crippen LogP contribution in [0.25, 0.3) is 0 Å². The molecule has 0 aromatic heterocycles. The Kier molecular flexibility index (Phi) is 4.08. The van der Waals surface area contributed by atoms with E-state index in [0.717, 1.165) is 18.2 Å². The normalized spacial score (nSPS) is 11.2. The highest BCUT2D eigenvalue weighted by Crippen LogP contribution is 2.28. The lowest BCUT2D eigenvalue weighted by atomic mass is 10.0. The van der Waals surface area contributed by atoms with Gasteiger partial charge >= 0.3 is 5.97 Å². The molecule has 1 aromatic rings. The summed E-state index contributed by atoms with van der Waals surface area (Å²) < 4.78 is 13.4. The summed E-state index contributed by atoms with van der Waals surface area (Å²) in [4.78, 5) is 22.2. The van der Waals surface area contributed by atoms with Crippen LogP contribution < -0.4 is 4.90 Å². The third kappa shape index (κ3) is 3.90. The van der Waals surface area contributed by atoms with Crippen molar-refractivity contribution in [2.75, 3.05) is 11.4 Å². The standard InChI is InChI=1S/C12H15FN2O4/c1-12(2,3)14(7-11(16)17)9-4-8(13)5-10(6-9)15(18)19/h4-6H,7H2,1-3H3,(H,16,17). The van der Waals surface area contributed by atoms with Crippen molar-refractivity contribution >= 4 is 17.3 Å². The van der Waals surface area contributed by atoms with Crippen molar-refractivity contribution in [3.63, 3.8) is 0 Å². The number of nitrogens with zero attached hydrogens (tertiary/aromatic N) is 2. The highest BCUT2D eigenvalue weighted by Gasteiger charge is 2.26. The molecule has 0 amide bonds. The van der Waals surface area contributed by atoms with Gasteiger partial charge in [-0.1, -0.05) is 0 Å². The first-order chi connectivity index (χ1) is 8.61. The first kappa shape index (κ1) is 14.9. The zero-order valence-corrected chi connectivity index (χ0v) is 10.9. The number of benzene rings is 1. The molecule has 7 heteroatoms. The van der Waals surface area contributed by atoms with Gasteiger partial charge in [0.05, 0.1) is 11.0 Å². The van der Waals surface area contributed by atoms with Crippen molar-refractivity contribution in [3.05, 3.63) is 34.1 Å². The fourth-order valence-corrected chi connectivity index (χ4v) is 1.67. The number of halogens is 1. The summed E-state index contributed by atoms with van der Waals surface area (Å²) in [6.07, 6.45) is 0. The largest absolute Gasteiger partial charge is 0.480 e. The molecule has 0 aliphatic carbocycles. The van der Waals surface area contributed by atoms with Crippen LogP contribution in [0.2, 0.25) is 0 Å². The third-order valence-corrected chi connectivity index (χ3v) is 2.49. The molecule has 1 rings (SSSR count). The van der Waals surface area contributed by atoms with Crippen LogP contribution >= 0.6 is 0 Å². The van der Waals surface area contributed by atoms with Crippen LogP contribution in [0.3, 0.4) is 0 Å². The molecule has 1 N–H and O–H groups in total. The van der Waals surface area contributed by atoms with E-state index in [-0.39, 0.29) is 12.2 Å². The number of carboxylic acids is 1. The quantitative estimate of drug-likeness (QED) is 0.671.